The highest BCUT2D eigenvalue weighted by Gasteiger charge is 2.15. The van der Waals surface area contributed by atoms with Crippen molar-refractivity contribution in [2.75, 3.05) is 5.73 Å². The predicted molar refractivity (Wildman–Crippen MR) is 74.3 cm³/mol. The van der Waals surface area contributed by atoms with Crippen molar-refractivity contribution in [3.63, 3.8) is 0 Å². The molecule has 0 unspecified atom stereocenters. The van der Waals surface area contributed by atoms with Gasteiger partial charge in [-0.2, -0.15) is 5.10 Å². The summed E-state index contributed by atoms with van der Waals surface area (Å²) >= 11 is 0. The van der Waals surface area contributed by atoms with Gasteiger partial charge in [-0.3, -0.25) is 0 Å². The summed E-state index contributed by atoms with van der Waals surface area (Å²) in [5.41, 5.74) is 9.52. The Hall–Kier alpha value is -2.36. The van der Waals surface area contributed by atoms with Crippen LogP contribution >= 0.6 is 0 Å². The molecule has 96 valence electrons. The van der Waals surface area contributed by atoms with Crippen LogP contribution in [0.3, 0.4) is 0 Å². The molecular weight excluding hydrogens is 241 g/mol. The molecular formula is C15H14FN3. The third kappa shape index (κ3) is 2.17. The lowest BCUT2D eigenvalue weighted by molar-refractivity contribution is 0.627. The average molecular weight is 255 g/mol. The first-order valence-corrected chi connectivity index (χ1v) is 6.21. The molecule has 4 heteroatoms. The number of nitrogen functional groups attached to an aromatic ring is 1. The molecule has 0 atom stereocenters. The van der Waals surface area contributed by atoms with E-state index in [4.69, 9.17) is 5.73 Å². The lowest BCUT2D eigenvalue weighted by atomic mass is 10.0. The fourth-order valence-electron chi connectivity index (χ4n) is 2.26. The van der Waals surface area contributed by atoms with E-state index in [2.05, 4.69) is 17.3 Å². The van der Waals surface area contributed by atoms with Crippen LogP contribution in [0.2, 0.25) is 0 Å². The molecule has 0 aliphatic heterocycles. The first-order chi connectivity index (χ1) is 9.25. The van der Waals surface area contributed by atoms with Crippen LogP contribution in [0.15, 0.2) is 48.7 Å². The summed E-state index contributed by atoms with van der Waals surface area (Å²) in [5.74, 6) is -0.259. The minimum atomic E-state index is -0.259. The summed E-state index contributed by atoms with van der Waals surface area (Å²) in [7, 11) is 0. The zero-order chi connectivity index (χ0) is 13.2. The van der Waals surface area contributed by atoms with Gasteiger partial charge in [-0.05, 0) is 42.7 Å². The van der Waals surface area contributed by atoms with Crippen molar-refractivity contribution in [2.24, 2.45) is 0 Å². The molecule has 2 aromatic rings. The monoisotopic (exact) mass is 255 g/mol. The number of aromatic nitrogens is 2. The largest absolute Gasteiger partial charge is 0.396 e. The number of anilines is 1. The first kappa shape index (κ1) is 11.7. The number of hydrogen-bond donors (Lipinski definition) is 1. The minimum Gasteiger partial charge on any atom is -0.396 e. The molecule has 0 amide bonds. The normalized spacial score (nSPS) is 14.5. The molecule has 1 aliphatic carbocycles. The van der Waals surface area contributed by atoms with Crippen molar-refractivity contribution in [3.8, 4) is 5.69 Å². The lowest BCUT2D eigenvalue weighted by Gasteiger charge is -2.13. The molecule has 0 fully saturated rings. The highest BCUT2D eigenvalue weighted by molar-refractivity contribution is 5.75. The van der Waals surface area contributed by atoms with Gasteiger partial charge in [0.1, 0.15) is 5.82 Å². The van der Waals surface area contributed by atoms with E-state index < -0.39 is 0 Å². The Kier molecular flexibility index (Phi) is 2.91. The highest BCUT2D eigenvalue weighted by atomic mass is 19.1. The number of nitrogens with zero attached hydrogens (tertiary/aromatic N) is 2. The summed E-state index contributed by atoms with van der Waals surface area (Å²) in [6.07, 6.45) is 9.78. The summed E-state index contributed by atoms with van der Waals surface area (Å²) in [6.45, 7) is 0. The molecule has 19 heavy (non-hydrogen) atoms. The van der Waals surface area contributed by atoms with Gasteiger partial charge in [0.15, 0.2) is 0 Å². The second-order valence-corrected chi connectivity index (χ2v) is 4.50. The maximum atomic E-state index is 13.0. The zero-order valence-electron chi connectivity index (χ0n) is 10.4. The Morgan fingerprint density at radius 2 is 2.00 bits per heavy atom. The highest BCUT2D eigenvalue weighted by Crippen LogP contribution is 2.29. The van der Waals surface area contributed by atoms with Gasteiger partial charge in [0.25, 0.3) is 0 Å². The Labute approximate surface area is 110 Å². The second kappa shape index (κ2) is 4.72. The van der Waals surface area contributed by atoms with Crippen molar-refractivity contribution in [1.82, 2.24) is 9.78 Å². The summed E-state index contributed by atoms with van der Waals surface area (Å²) in [5, 5.41) is 4.30. The van der Waals surface area contributed by atoms with E-state index in [1.54, 1.807) is 23.0 Å². The van der Waals surface area contributed by atoms with E-state index in [1.807, 2.05) is 6.08 Å². The van der Waals surface area contributed by atoms with Crippen molar-refractivity contribution in [1.29, 1.82) is 0 Å². The molecule has 3 rings (SSSR count). The Morgan fingerprint density at radius 1 is 1.21 bits per heavy atom. The van der Waals surface area contributed by atoms with E-state index in [-0.39, 0.29) is 5.82 Å². The zero-order valence-corrected chi connectivity index (χ0v) is 10.4. The van der Waals surface area contributed by atoms with Gasteiger partial charge in [-0.15, -0.1) is 0 Å². The number of benzene rings is 1. The standard InChI is InChI=1S/C15H14FN3/c16-12-6-8-13(9-7-12)19-15(14(17)10-18-19)11-4-2-1-3-5-11/h1-2,4,6-10H,3,5,17H2. The molecule has 0 radical (unpaired) electrons. The van der Waals surface area contributed by atoms with Gasteiger partial charge in [0.05, 0.1) is 23.3 Å². The minimum absolute atomic E-state index is 0.259. The molecule has 1 aliphatic rings. The van der Waals surface area contributed by atoms with Crippen LogP contribution in [0.4, 0.5) is 10.1 Å². The van der Waals surface area contributed by atoms with Gasteiger partial charge in [-0.1, -0.05) is 18.2 Å². The van der Waals surface area contributed by atoms with Crippen LogP contribution in [0.5, 0.6) is 0 Å². The van der Waals surface area contributed by atoms with Gasteiger partial charge in [0.2, 0.25) is 0 Å². The second-order valence-electron chi connectivity index (χ2n) is 4.50. The molecule has 2 N–H and O–H groups in total. The number of rotatable bonds is 2. The van der Waals surface area contributed by atoms with Crippen LogP contribution in [0.1, 0.15) is 18.5 Å². The van der Waals surface area contributed by atoms with Gasteiger partial charge in [-0.25, -0.2) is 9.07 Å². The lowest BCUT2D eigenvalue weighted by Crippen LogP contribution is -2.04. The van der Waals surface area contributed by atoms with E-state index in [1.165, 1.54) is 12.1 Å². The number of nitrogens with two attached hydrogens (primary N) is 1. The third-order valence-corrected chi connectivity index (χ3v) is 3.19. The van der Waals surface area contributed by atoms with Crippen LogP contribution < -0.4 is 5.73 Å². The molecule has 0 bridgehead atoms. The van der Waals surface area contributed by atoms with Crippen molar-refractivity contribution in [3.05, 3.63) is 60.2 Å². The van der Waals surface area contributed by atoms with E-state index in [0.29, 0.717) is 5.69 Å². The van der Waals surface area contributed by atoms with E-state index in [9.17, 15) is 4.39 Å². The molecule has 0 spiro atoms. The van der Waals surface area contributed by atoms with Crippen LogP contribution in [0.25, 0.3) is 11.3 Å². The topological polar surface area (TPSA) is 43.8 Å². The summed E-state index contributed by atoms with van der Waals surface area (Å²) < 4.78 is 14.8. The van der Waals surface area contributed by atoms with Crippen molar-refractivity contribution < 1.29 is 4.39 Å². The maximum Gasteiger partial charge on any atom is 0.123 e. The smallest absolute Gasteiger partial charge is 0.123 e. The Balaban J connectivity index is 2.10. The van der Waals surface area contributed by atoms with E-state index in [0.717, 1.165) is 29.8 Å². The van der Waals surface area contributed by atoms with E-state index >= 15 is 0 Å². The Bertz CT molecular complexity index is 651. The number of halogens is 1. The molecule has 3 nitrogen and oxygen atoms in total. The van der Waals surface area contributed by atoms with Gasteiger partial charge >= 0.3 is 0 Å². The Morgan fingerprint density at radius 3 is 2.68 bits per heavy atom. The molecule has 1 heterocycles. The molecule has 0 saturated heterocycles. The van der Waals surface area contributed by atoms with Crippen molar-refractivity contribution >= 4 is 11.3 Å². The fraction of sp³-hybridized carbons (Fsp3) is 0.133. The third-order valence-electron chi connectivity index (χ3n) is 3.19. The van der Waals surface area contributed by atoms with Crippen LogP contribution in [-0.2, 0) is 0 Å². The van der Waals surface area contributed by atoms with Crippen LogP contribution in [0, 0.1) is 5.82 Å². The summed E-state index contributed by atoms with van der Waals surface area (Å²) in [6, 6.07) is 6.24. The molecule has 1 aromatic carbocycles. The molecule has 1 aromatic heterocycles. The van der Waals surface area contributed by atoms with Gasteiger partial charge < -0.3 is 5.73 Å². The van der Waals surface area contributed by atoms with Gasteiger partial charge in [0, 0.05) is 0 Å². The SMILES string of the molecule is Nc1cnn(-c2ccc(F)cc2)c1C1=CC=CCC1. The average Bonchev–Trinajstić information content (AvgIpc) is 2.82. The summed E-state index contributed by atoms with van der Waals surface area (Å²) in [4.78, 5) is 0. The van der Waals surface area contributed by atoms with Crippen molar-refractivity contribution in [2.45, 2.75) is 12.8 Å². The number of allylic oxidation sites excluding steroid dienone is 4. The number of hydrogen-bond acceptors (Lipinski definition) is 2. The maximum absolute atomic E-state index is 13.0. The predicted octanol–water partition coefficient (Wildman–Crippen LogP) is 3.33. The van der Waals surface area contributed by atoms with Crippen LogP contribution in [-0.4, -0.2) is 9.78 Å². The molecule has 0 saturated carbocycles. The first-order valence-electron chi connectivity index (χ1n) is 6.21. The quantitative estimate of drug-likeness (QED) is 0.894. The fourth-order valence-corrected chi connectivity index (χ4v) is 2.26.